The van der Waals surface area contributed by atoms with E-state index in [1.807, 2.05) is 0 Å². The molecule has 180 valence electrons. The Morgan fingerprint density at radius 1 is 0.914 bits per heavy atom. The maximum absolute atomic E-state index is 13.8. The summed E-state index contributed by atoms with van der Waals surface area (Å²) < 4.78 is 39.5. The molecule has 0 unspecified atom stereocenters. The Morgan fingerprint density at radius 2 is 1.51 bits per heavy atom. The van der Waals surface area contributed by atoms with E-state index >= 15 is 0 Å². The summed E-state index contributed by atoms with van der Waals surface area (Å²) in [7, 11) is -4.25. The van der Waals surface area contributed by atoms with Crippen LogP contribution < -0.4 is 4.72 Å². The van der Waals surface area contributed by atoms with Gasteiger partial charge in [0.1, 0.15) is 0 Å². The van der Waals surface area contributed by atoms with Crippen molar-refractivity contribution in [3.63, 3.8) is 0 Å². The molecule has 0 bridgehead atoms. The molecule has 0 amide bonds. The average molecular weight is 494 g/mol. The lowest BCUT2D eigenvalue weighted by molar-refractivity contribution is -0.154. The average Bonchev–Trinajstić information content (AvgIpc) is 3.10. The number of esters is 2. The Balaban J connectivity index is 1.96. The molecule has 1 aliphatic rings. The van der Waals surface area contributed by atoms with Crippen LogP contribution in [0, 0.1) is 6.92 Å². The molecule has 0 aromatic heterocycles. The van der Waals surface area contributed by atoms with Gasteiger partial charge in [0.15, 0.2) is 6.10 Å². The standard InChI is InChI=1S/C26H23NO7S/c1-3-33-25(30)26(20-16-17(2)14-15-21(20)35(31,32)27-26)23(22(28)18-10-6-4-7-11-18)34-24(29)19-12-8-5-9-13-19/h4-16,23,27H,3H2,1-2H3/t23-,26-/m0/s1. The Hall–Kier alpha value is -3.82. The molecule has 9 heteroatoms. The zero-order valence-corrected chi connectivity index (χ0v) is 19.9. The van der Waals surface area contributed by atoms with E-state index in [2.05, 4.69) is 4.72 Å². The van der Waals surface area contributed by atoms with Crippen molar-refractivity contribution in [3.05, 3.63) is 101 Å². The quantitative estimate of drug-likeness (QED) is 0.397. The van der Waals surface area contributed by atoms with E-state index in [4.69, 9.17) is 9.47 Å². The molecular weight excluding hydrogens is 470 g/mol. The van der Waals surface area contributed by atoms with E-state index in [0.717, 1.165) is 0 Å². The van der Waals surface area contributed by atoms with E-state index in [1.54, 1.807) is 56.3 Å². The minimum Gasteiger partial charge on any atom is -0.464 e. The summed E-state index contributed by atoms with van der Waals surface area (Å²) in [6, 6.07) is 20.2. The number of hydrogen-bond donors (Lipinski definition) is 1. The second-order valence-corrected chi connectivity index (χ2v) is 9.67. The number of carbonyl (C=O) groups is 3. The fraction of sp³-hybridized carbons (Fsp3) is 0.192. The van der Waals surface area contributed by atoms with Crippen molar-refractivity contribution in [3.8, 4) is 0 Å². The largest absolute Gasteiger partial charge is 0.464 e. The van der Waals surface area contributed by atoms with Crippen LogP contribution in [-0.4, -0.2) is 38.9 Å². The summed E-state index contributed by atoms with van der Waals surface area (Å²) in [5.74, 6) is -2.72. The van der Waals surface area contributed by atoms with E-state index in [9.17, 15) is 22.8 Å². The second kappa shape index (κ2) is 9.44. The topological polar surface area (TPSA) is 116 Å². The number of carbonyl (C=O) groups excluding carboxylic acids is 3. The molecule has 0 fully saturated rings. The Labute approximate surface area is 202 Å². The molecule has 0 saturated carbocycles. The highest BCUT2D eigenvalue weighted by atomic mass is 32.2. The van der Waals surface area contributed by atoms with Gasteiger partial charge in [-0.25, -0.2) is 18.0 Å². The number of benzene rings is 3. The molecule has 0 radical (unpaired) electrons. The summed E-state index contributed by atoms with van der Waals surface area (Å²) >= 11 is 0. The summed E-state index contributed by atoms with van der Waals surface area (Å²) in [6.45, 7) is 3.17. The Bertz CT molecular complexity index is 1390. The van der Waals surface area contributed by atoms with Gasteiger partial charge in [-0.15, -0.1) is 0 Å². The molecular formula is C26H23NO7S. The van der Waals surface area contributed by atoms with Crippen LogP contribution >= 0.6 is 0 Å². The third-order valence-corrected chi connectivity index (χ3v) is 7.19. The van der Waals surface area contributed by atoms with Crippen LogP contribution in [-0.2, 0) is 29.8 Å². The van der Waals surface area contributed by atoms with Gasteiger partial charge >= 0.3 is 11.9 Å². The van der Waals surface area contributed by atoms with Crippen LogP contribution in [0.3, 0.4) is 0 Å². The van der Waals surface area contributed by atoms with Crippen molar-refractivity contribution in [1.29, 1.82) is 0 Å². The van der Waals surface area contributed by atoms with Crippen LogP contribution in [0.1, 0.15) is 38.8 Å². The number of Topliss-reactive ketones (excluding diaryl/α,β-unsaturated/α-hetero) is 1. The predicted molar refractivity (Wildman–Crippen MR) is 126 cm³/mol. The SMILES string of the molecule is CCOC(=O)[C@]1([C@@H](OC(=O)c2ccccc2)C(=O)c2ccccc2)NS(=O)(=O)c2ccc(C)cc21. The predicted octanol–water partition coefficient (Wildman–Crippen LogP) is 3.15. The van der Waals surface area contributed by atoms with E-state index in [0.29, 0.717) is 5.56 Å². The lowest BCUT2D eigenvalue weighted by Crippen LogP contribution is -2.60. The first-order valence-corrected chi connectivity index (χ1v) is 12.4. The smallest absolute Gasteiger partial charge is 0.338 e. The zero-order valence-electron chi connectivity index (χ0n) is 19.1. The number of sulfonamides is 1. The third-order valence-electron chi connectivity index (χ3n) is 5.67. The second-order valence-electron chi connectivity index (χ2n) is 8.02. The van der Waals surface area contributed by atoms with Crippen molar-refractivity contribution in [2.24, 2.45) is 0 Å². The minimum atomic E-state index is -4.25. The molecule has 0 aliphatic carbocycles. The van der Waals surface area contributed by atoms with Gasteiger partial charge in [0, 0.05) is 11.1 Å². The number of fused-ring (bicyclic) bond motifs is 1. The molecule has 8 nitrogen and oxygen atoms in total. The van der Waals surface area contributed by atoms with Gasteiger partial charge in [0.05, 0.1) is 17.1 Å². The highest BCUT2D eigenvalue weighted by molar-refractivity contribution is 7.90. The van der Waals surface area contributed by atoms with Gasteiger partial charge in [-0.2, -0.15) is 4.72 Å². The van der Waals surface area contributed by atoms with Crippen molar-refractivity contribution in [1.82, 2.24) is 4.72 Å². The molecule has 35 heavy (non-hydrogen) atoms. The highest BCUT2D eigenvalue weighted by Crippen LogP contribution is 2.42. The Kier molecular flexibility index (Phi) is 6.56. The first kappa shape index (κ1) is 24.3. The Morgan fingerprint density at radius 3 is 2.11 bits per heavy atom. The first-order chi connectivity index (χ1) is 16.7. The van der Waals surface area contributed by atoms with Crippen molar-refractivity contribution in [2.75, 3.05) is 6.61 Å². The number of aryl methyl sites for hydroxylation is 1. The zero-order chi connectivity index (χ0) is 25.2. The van der Waals surface area contributed by atoms with Crippen molar-refractivity contribution >= 4 is 27.7 Å². The molecule has 0 saturated heterocycles. The monoisotopic (exact) mass is 493 g/mol. The molecule has 3 aromatic rings. The number of hydrogen-bond acceptors (Lipinski definition) is 7. The van der Waals surface area contributed by atoms with Crippen LogP contribution in [0.25, 0.3) is 0 Å². The van der Waals surface area contributed by atoms with Crippen LogP contribution in [0.4, 0.5) is 0 Å². The number of ether oxygens (including phenoxy) is 2. The molecule has 1 heterocycles. The van der Waals surface area contributed by atoms with Gasteiger partial charge in [0.2, 0.25) is 21.3 Å². The summed E-state index contributed by atoms with van der Waals surface area (Å²) in [5.41, 5.74) is -1.46. The summed E-state index contributed by atoms with van der Waals surface area (Å²) in [5, 5.41) is 0. The minimum absolute atomic E-state index is 0.0221. The molecule has 1 N–H and O–H groups in total. The maximum atomic E-state index is 13.8. The third kappa shape index (κ3) is 4.36. The molecule has 0 spiro atoms. The number of ketones is 1. The molecule has 1 aliphatic heterocycles. The number of nitrogens with one attached hydrogen (secondary N) is 1. The number of rotatable bonds is 7. The molecule has 4 rings (SSSR count). The fourth-order valence-electron chi connectivity index (χ4n) is 4.05. The van der Waals surface area contributed by atoms with Crippen molar-refractivity contribution in [2.45, 2.75) is 30.4 Å². The fourth-order valence-corrected chi connectivity index (χ4v) is 5.64. The van der Waals surface area contributed by atoms with E-state index < -0.39 is 39.4 Å². The summed E-state index contributed by atoms with van der Waals surface area (Å²) in [6.07, 6.45) is -1.89. The van der Waals surface area contributed by atoms with Gasteiger partial charge < -0.3 is 9.47 Å². The lowest BCUT2D eigenvalue weighted by Gasteiger charge is -2.34. The van der Waals surface area contributed by atoms with Crippen molar-refractivity contribution < 1.29 is 32.3 Å². The summed E-state index contributed by atoms with van der Waals surface area (Å²) in [4.78, 5) is 40.2. The first-order valence-electron chi connectivity index (χ1n) is 10.9. The van der Waals surface area contributed by atoms with Gasteiger partial charge in [-0.05, 0) is 32.0 Å². The van der Waals surface area contributed by atoms with Crippen LogP contribution in [0.2, 0.25) is 0 Å². The van der Waals surface area contributed by atoms with E-state index in [1.165, 1.54) is 36.4 Å². The van der Waals surface area contributed by atoms with E-state index in [-0.39, 0.29) is 28.2 Å². The van der Waals surface area contributed by atoms with Gasteiger partial charge in [-0.1, -0.05) is 66.2 Å². The maximum Gasteiger partial charge on any atom is 0.338 e. The van der Waals surface area contributed by atoms with Gasteiger partial charge in [-0.3, -0.25) is 4.79 Å². The lowest BCUT2D eigenvalue weighted by atomic mass is 9.81. The molecule has 3 aromatic carbocycles. The van der Waals surface area contributed by atoms with Crippen LogP contribution in [0.15, 0.2) is 83.8 Å². The highest BCUT2D eigenvalue weighted by Gasteiger charge is 2.62. The normalized spacial score (nSPS) is 18.8. The van der Waals surface area contributed by atoms with Gasteiger partial charge in [0.25, 0.3) is 0 Å². The molecule has 2 atom stereocenters. The van der Waals surface area contributed by atoms with Crippen LogP contribution in [0.5, 0.6) is 0 Å².